The van der Waals surface area contributed by atoms with Crippen LogP contribution in [0.15, 0.2) is 53.4 Å². The number of hydrogen-bond acceptors (Lipinski definition) is 5. The molecule has 0 unspecified atom stereocenters. The Labute approximate surface area is 214 Å². The van der Waals surface area contributed by atoms with Crippen molar-refractivity contribution < 1.29 is 9.53 Å². The molecule has 1 saturated carbocycles. The zero-order valence-electron chi connectivity index (χ0n) is 21.0. The van der Waals surface area contributed by atoms with Gasteiger partial charge in [-0.15, -0.1) is 11.8 Å². The van der Waals surface area contributed by atoms with E-state index in [1.54, 1.807) is 7.11 Å². The van der Waals surface area contributed by atoms with Crippen molar-refractivity contribution in [2.75, 3.05) is 50.5 Å². The maximum atomic E-state index is 13.1. The quantitative estimate of drug-likeness (QED) is 0.562. The van der Waals surface area contributed by atoms with Gasteiger partial charge in [-0.25, -0.2) is 0 Å². The van der Waals surface area contributed by atoms with Gasteiger partial charge in [-0.2, -0.15) is 0 Å². The van der Waals surface area contributed by atoms with Crippen molar-refractivity contribution in [3.63, 3.8) is 0 Å². The Kier molecular flexibility index (Phi) is 8.20. The van der Waals surface area contributed by atoms with Crippen LogP contribution in [0, 0.1) is 11.8 Å². The molecule has 2 aromatic rings. The number of hydrogen-bond donors (Lipinski definition) is 1. The Morgan fingerprint density at radius 1 is 1.03 bits per heavy atom. The van der Waals surface area contributed by atoms with E-state index >= 15 is 0 Å². The van der Waals surface area contributed by atoms with Gasteiger partial charge in [-0.05, 0) is 61.4 Å². The number of benzene rings is 2. The average molecular weight is 494 g/mol. The van der Waals surface area contributed by atoms with Crippen LogP contribution >= 0.6 is 11.8 Å². The molecule has 188 valence electrons. The van der Waals surface area contributed by atoms with Gasteiger partial charge < -0.3 is 15.0 Å². The van der Waals surface area contributed by atoms with Crippen molar-refractivity contribution in [3.8, 4) is 5.75 Å². The maximum absolute atomic E-state index is 13.1. The fraction of sp³-hybridized carbons (Fsp3) is 0.552. The number of para-hydroxylation sites is 2. The molecule has 5 nitrogen and oxygen atoms in total. The second kappa shape index (κ2) is 11.7. The van der Waals surface area contributed by atoms with Crippen molar-refractivity contribution in [3.05, 3.63) is 54.1 Å². The Morgan fingerprint density at radius 2 is 1.80 bits per heavy atom. The molecule has 2 aromatic carbocycles. The lowest BCUT2D eigenvalue weighted by atomic mass is 9.74. The number of rotatable bonds is 7. The first kappa shape index (κ1) is 24.5. The van der Waals surface area contributed by atoms with Gasteiger partial charge in [-0.1, -0.05) is 43.2 Å². The fourth-order valence-corrected chi connectivity index (χ4v) is 7.52. The van der Waals surface area contributed by atoms with Crippen molar-refractivity contribution in [1.82, 2.24) is 10.2 Å². The highest BCUT2D eigenvalue weighted by molar-refractivity contribution is 7.99. The zero-order valence-corrected chi connectivity index (χ0v) is 21.8. The molecule has 2 aliphatic heterocycles. The van der Waals surface area contributed by atoms with Gasteiger partial charge in [0.05, 0.1) is 18.8 Å². The summed E-state index contributed by atoms with van der Waals surface area (Å²) in [6.45, 7) is 5.02. The van der Waals surface area contributed by atoms with Gasteiger partial charge in [0.15, 0.2) is 0 Å². The SMILES string of the molecule is COc1ccccc1N1CCN(CCCC(=O)N[C@H]2c3ccccc3SC[C@@H]3CCCC[C@H]32)CC1. The van der Waals surface area contributed by atoms with E-state index < -0.39 is 0 Å². The number of amides is 1. The lowest BCUT2D eigenvalue weighted by Gasteiger charge is -2.37. The molecule has 1 aliphatic carbocycles. The Balaban J connectivity index is 1.12. The molecule has 3 aliphatic rings. The van der Waals surface area contributed by atoms with Gasteiger partial charge in [0.1, 0.15) is 5.75 Å². The lowest BCUT2D eigenvalue weighted by Crippen LogP contribution is -2.47. The number of anilines is 1. The number of fused-ring (bicyclic) bond motifs is 2. The molecule has 1 amide bonds. The first-order valence-corrected chi connectivity index (χ1v) is 14.3. The van der Waals surface area contributed by atoms with Crippen LogP contribution in [-0.4, -0.2) is 56.4 Å². The van der Waals surface area contributed by atoms with Crippen molar-refractivity contribution in [2.45, 2.75) is 49.5 Å². The first-order chi connectivity index (χ1) is 17.2. The number of piperazine rings is 1. The third kappa shape index (κ3) is 5.80. The molecule has 35 heavy (non-hydrogen) atoms. The average Bonchev–Trinajstić information content (AvgIpc) is 3.06. The first-order valence-electron chi connectivity index (χ1n) is 13.3. The molecule has 2 fully saturated rings. The Morgan fingerprint density at radius 3 is 2.66 bits per heavy atom. The minimum atomic E-state index is 0.170. The van der Waals surface area contributed by atoms with E-state index in [0.29, 0.717) is 18.3 Å². The molecular weight excluding hydrogens is 454 g/mol. The van der Waals surface area contributed by atoms with Crippen molar-refractivity contribution >= 4 is 23.4 Å². The number of nitrogens with zero attached hydrogens (tertiary/aromatic N) is 2. The van der Waals surface area contributed by atoms with Crippen LogP contribution in [0.25, 0.3) is 0 Å². The molecule has 0 bridgehead atoms. The van der Waals surface area contributed by atoms with E-state index in [2.05, 4.69) is 51.5 Å². The molecule has 0 spiro atoms. The largest absolute Gasteiger partial charge is 0.495 e. The number of carbonyl (C=O) groups excluding carboxylic acids is 1. The Hall–Kier alpha value is -2.18. The molecular formula is C29H39N3O2S. The highest BCUT2D eigenvalue weighted by Crippen LogP contribution is 2.46. The molecule has 0 aromatic heterocycles. The summed E-state index contributed by atoms with van der Waals surface area (Å²) < 4.78 is 5.54. The smallest absolute Gasteiger partial charge is 0.220 e. The minimum Gasteiger partial charge on any atom is -0.495 e. The summed E-state index contributed by atoms with van der Waals surface area (Å²) in [5.41, 5.74) is 2.52. The van der Waals surface area contributed by atoms with Gasteiger partial charge in [0.25, 0.3) is 0 Å². The van der Waals surface area contributed by atoms with Crippen LogP contribution in [0.4, 0.5) is 5.69 Å². The lowest BCUT2D eigenvalue weighted by molar-refractivity contribution is -0.122. The number of nitrogens with one attached hydrogen (secondary N) is 1. The third-order valence-corrected chi connectivity index (χ3v) is 9.37. The number of thioether (sulfide) groups is 1. The minimum absolute atomic E-state index is 0.170. The molecule has 6 heteroatoms. The van der Waals surface area contributed by atoms with Crippen LogP contribution in [0.1, 0.15) is 50.1 Å². The van der Waals surface area contributed by atoms with E-state index in [0.717, 1.165) is 44.9 Å². The summed E-state index contributed by atoms with van der Waals surface area (Å²) in [7, 11) is 1.74. The number of carbonyl (C=O) groups is 1. The summed E-state index contributed by atoms with van der Waals surface area (Å²) in [5, 5.41) is 3.50. The highest BCUT2D eigenvalue weighted by atomic mass is 32.2. The predicted octanol–water partition coefficient (Wildman–Crippen LogP) is 5.37. The van der Waals surface area contributed by atoms with Crippen LogP contribution in [0.5, 0.6) is 5.75 Å². The summed E-state index contributed by atoms with van der Waals surface area (Å²) in [5.74, 6) is 3.64. The molecule has 1 saturated heterocycles. The van der Waals surface area contributed by atoms with Crippen LogP contribution < -0.4 is 15.0 Å². The van der Waals surface area contributed by atoms with E-state index in [4.69, 9.17) is 4.74 Å². The summed E-state index contributed by atoms with van der Waals surface area (Å²) in [6.07, 6.45) is 6.69. The molecule has 1 N–H and O–H groups in total. The van der Waals surface area contributed by atoms with Crippen LogP contribution in [-0.2, 0) is 4.79 Å². The second-order valence-corrected chi connectivity index (χ2v) is 11.3. The number of ether oxygens (including phenoxy) is 1. The monoisotopic (exact) mass is 493 g/mol. The Bertz CT molecular complexity index is 991. The summed E-state index contributed by atoms with van der Waals surface area (Å²) in [4.78, 5) is 19.4. The molecule has 5 rings (SSSR count). The second-order valence-electron chi connectivity index (χ2n) is 10.2. The standard InChI is InChI=1S/C29H39N3O2S/c1-34-26-13-6-5-12-25(26)32-19-17-31(18-20-32)16-8-15-28(33)30-29-23-10-3-2-9-22(23)21-35-27-14-7-4-11-24(27)29/h4-7,11-14,22-23,29H,2-3,8-10,15-21H2,1H3,(H,30,33)/t22-,23+,29+/m0/s1. The zero-order chi connectivity index (χ0) is 24.0. The summed E-state index contributed by atoms with van der Waals surface area (Å²) >= 11 is 1.99. The van der Waals surface area contributed by atoms with E-state index in [-0.39, 0.29) is 11.9 Å². The third-order valence-electron chi connectivity index (χ3n) is 8.10. The van der Waals surface area contributed by atoms with Gasteiger partial charge >= 0.3 is 0 Å². The highest BCUT2D eigenvalue weighted by Gasteiger charge is 2.37. The fourth-order valence-electron chi connectivity index (χ4n) is 6.18. The molecule has 3 atom stereocenters. The van der Waals surface area contributed by atoms with E-state index in [1.165, 1.54) is 47.6 Å². The molecule has 2 heterocycles. The maximum Gasteiger partial charge on any atom is 0.220 e. The van der Waals surface area contributed by atoms with E-state index in [1.807, 2.05) is 23.9 Å². The van der Waals surface area contributed by atoms with Gasteiger partial charge in [0, 0.05) is 43.2 Å². The van der Waals surface area contributed by atoms with Crippen LogP contribution in [0.3, 0.4) is 0 Å². The summed E-state index contributed by atoms with van der Waals surface area (Å²) in [6, 6.07) is 17.2. The van der Waals surface area contributed by atoms with Crippen molar-refractivity contribution in [1.29, 1.82) is 0 Å². The van der Waals surface area contributed by atoms with Gasteiger partial charge in [-0.3, -0.25) is 9.69 Å². The van der Waals surface area contributed by atoms with E-state index in [9.17, 15) is 4.79 Å². The topological polar surface area (TPSA) is 44.8 Å². The van der Waals surface area contributed by atoms with Crippen molar-refractivity contribution in [2.24, 2.45) is 11.8 Å². The van der Waals surface area contributed by atoms with Crippen LogP contribution in [0.2, 0.25) is 0 Å². The van der Waals surface area contributed by atoms with Gasteiger partial charge in [0.2, 0.25) is 5.91 Å². The predicted molar refractivity (Wildman–Crippen MR) is 144 cm³/mol. The molecule has 0 radical (unpaired) electrons. The normalized spacial score (nSPS) is 24.7. The number of methoxy groups -OCH3 is 1.